The van der Waals surface area contributed by atoms with Gasteiger partial charge in [0.25, 0.3) is 5.91 Å². The molecule has 0 fully saturated rings. The maximum Gasteiger partial charge on any atom is 0.346 e. The molecule has 0 unspecified atom stereocenters. The van der Waals surface area contributed by atoms with Crippen molar-refractivity contribution in [2.45, 2.75) is 6.04 Å². The highest BCUT2D eigenvalue weighted by molar-refractivity contribution is 6.04. The second-order valence-corrected chi connectivity index (χ2v) is 5.17. The van der Waals surface area contributed by atoms with Crippen molar-refractivity contribution in [3.63, 3.8) is 0 Å². The van der Waals surface area contributed by atoms with Gasteiger partial charge in [-0.3, -0.25) is 9.78 Å². The Balaban J connectivity index is 1.95. The number of rotatable bonds is 5. The van der Waals surface area contributed by atoms with E-state index in [0.717, 1.165) is 0 Å². The van der Waals surface area contributed by atoms with E-state index in [0.29, 0.717) is 16.6 Å². The molecule has 0 aliphatic heterocycles. The SMILES string of the molecule is COC[C@H](NC(=O)c1nc(=O)[nH]c2ccccc12)c1ccccn1. The fourth-order valence-electron chi connectivity index (χ4n) is 2.45. The monoisotopic (exact) mass is 324 g/mol. The number of aromatic amines is 1. The van der Waals surface area contributed by atoms with Gasteiger partial charge in [-0.1, -0.05) is 24.3 Å². The van der Waals surface area contributed by atoms with Crippen LogP contribution in [0.3, 0.4) is 0 Å². The molecule has 7 heteroatoms. The third-order valence-electron chi connectivity index (χ3n) is 3.54. The number of nitrogens with one attached hydrogen (secondary N) is 2. The molecule has 2 heterocycles. The number of hydrogen-bond acceptors (Lipinski definition) is 5. The number of aromatic nitrogens is 3. The molecule has 3 aromatic rings. The predicted octanol–water partition coefficient (Wildman–Crippen LogP) is 1.44. The van der Waals surface area contributed by atoms with Crippen molar-refractivity contribution in [2.24, 2.45) is 0 Å². The lowest BCUT2D eigenvalue weighted by molar-refractivity contribution is 0.0891. The third-order valence-corrected chi connectivity index (χ3v) is 3.54. The minimum atomic E-state index is -0.569. The second-order valence-electron chi connectivity index (χ2n) is 5.17. The van der Waals surface area contributed by atoms with Crippen LogP contribution in [0.15, 0.2) is 53.5 Å². The summed E-state index contributed by atoms with van der Waals surface area (Å²) in [7, 11) is 1.54. The van der Waals surface area contributed by atoms with Gasteiger partial charge in [-0.05, 0) is 18.2 Å². The van der Waals surface area contributed by atoms with Crippen LogP contribution in [-0.4, -0.2) is 34.6 Å². The molecule has 0 aliphatic rings. The number of nitrogens with zero attached hydrogens (tertiary/aromatic N) is 2. The first-order valence-electron chi connectivity index (χ1n) is 7.39. The molecular formula is C17H16N4O3. The van der Waals surface area contributed by atoms with Crippen LogP contribution in [0.1, 0.15) is 22.2 Å². The number of ether oxygens (including phenoxy) is 1. The second kappa shape index (κ2) is 7.01. The molecule has 122 valence electrons. The highest BCUT2D eigenvalue weighted by Gasteiger charge is 2.20. The zero-order valence-corrected chi connectivity index (χ0v) is 13.0. The van der Waals surface area contributed by atoms with E-state index in [2.05, 4.69) is 20.3 Å². The Labute approximate surface area is 137 Å². The molecule has 7 nitrogen and oxygen atoms in total. The van der Waals surface area contributed by atoms with E-state index in [-0.39, 0.29) is 12.3 Å². The van der Waals surface area contributed by atoms with E-state index in [9.17, 15) is 9.59 Å². The summed E-state index contributed by atoms with van der Waals surface area (Å²) in [5.41, 5.74) is 0.733. The number of pyridine rings is 1. The third kappa shape index (κ3) is 3.31. The lowest BCUT2D eigenvalue weighted by Gasteiger charge is -2.17. The van der Waals surface area contributed by atoms with Gasteiger partial charge in [-0.25, -0.2) is 4.79 Å². The minimum Gasteiger partial charge on any atom is -0.382 e. The first-order valence-corrected chi connectivity index (χ1v) is 7.39. The summed E-state index contributed by atoms with van der Waals surface area (Å²) in [6.45, 7) is 0.254. The number of H-pyrrole nitrogens is 1. The van der Waals surface area contributed by atoms with E-state index in [4.69, 9.17) is 4.74 Å². The van der Waals surface area contributed by atoms with Crippen molar-refractivity contribution >= 4 is 16.8 Å². The van der Waals surface area contributed by atoms with Crippen LogP contribution in [0, 0.1) is 0 Å². The van der Waals surface area contributed by atoms with Crippen LogP contribution in [0.4, 0.5) is 0 Å². The van der Waals surface area contributed by atoms with E-state index >= 15 is 0 Å². The molecule has 0 radical (unpaired) electrons. The van der Waals surface area contributed by atoms with E-state index in [1.165, 1.54) is 0 Å². The van der Waals surface area contributed by atoms with Crippen molar-refractivity contribution in [1.82, 2.24) is 20.3 Å². The van der Waals surface area contributed by atoms with Crippen LogP contribution in [-0.2, 0) is 4.74 Å². The average Bonchev–Trinajstić information content (AvgIpc) is 2.61. The number of amides is 1. The van der Waals surface area contributed by atoms with Crippen molar-refractivity contribution < 1.29 is 9.53 Å². The van der Waals surface area contributed by atoms with Crippen LogP contribution < -0.4 is 11.0 Å². The van der Waals surface area contributed by atoms with Crippen LogP contribution >= 0.6 is 0 Å². The van der Waals surface area contributed by atoms with Gasteiger partial charge in [0.2, 0.25) is 0 Å². The molecular weight excluding hydrogens is 308 g/mol. The van der Waals surface area contributed by atoms with E-state index < -0.39 is 17.6 Å². The molecule has 1 aromatic carbocycles. The zero-order valence-electron chi connectivity index (χ0n) is 13.0. The maximum absolute atomic E-state index is 12.7. The van der Waals surface area contributed by atoms with Gasteiger partial charge < -0.3 is 15.0 Å². The molecule has 0 spiro atoms. The maximum atomic E-state index is 12.7. The Morgan fingerprint density at radius 3 is 2.79 bits per heavy atom. The van der Waals surface area contributed by atoms with Crippen molar-refractivity contribution in [3.8, 4) is 0 Å². The van der Waals surface area contributed by atoms with Crippen LogP contribution in [0.5, 0.6) is 0 Å². The van der Waals surface area contributed by atoms with Crippen molar-refractivity contribution in [3.05, 3.63) is 70.5 Å². The van der Waals surface area contributed by atoms with E-state index in [1.54, 1.807) is 49.7 Å². The fourth-order valence-corrected chi connectivity index (χ4v) is 2.45. The lowest BCUT2D eigenvalue weighted by Crippen LogP contribution is -2.33. The number of benzene rings is 1. The molecule has 0 saturated carbocycles. The smallest absolute Gasteiger partial charge is 0.346 e. The summed E-state index contributed by atoms with van der Waals surface area (Å²) in [5, 5.41) is 3.40. The summed E-state index contributed by atoms with van der Waals surface area (Å²) in [6.07, 6.45) is 1.64. The quantitative estimate of drug-likeness (QED) is 0.740. The van der Waals surface area contributed by atoms with Crippen molar-refractivity contribution in [1.29, 1.82) is 0 Å². The van der Waals surface area contributed by atoms with Gasteiger partial charge >= 0.3 is 5.69 Å². The number of para-hydroxylation sites is 1. The largest absolute Gasteiger partial charge is 0.382 e. The molecule has 1 amide bonds. The standard InChI is InChI=1S/C17H16N4O3/c1-24-10-14(13-8-4-5-9-18-13)19-16(22)15-11-6-2-3-7-12(11)20-17(23)21-15/h2-9,14H,10H2,1H3,(H,19,22)(H,20,21,23)/t14-/m0/s1. The topological polar surface area (TPSA) is 97.0 Å². The first-order chi connectivity index (χ1) is 11.7. The summed E-state index contributed by atoms with van der Waals surface area (Å²) >= 11 is 0. The number of fused-ring (bicyclic) bond motifs is 1. The predicted molar refractivity (Wildman–Crippen MR) is 88.7 cm³/mol. The summed E-state index contributed by atoms with van der Waals surface area (Å²) in [4.78, 5) is 35.0. The van der Waals surface area contributed by atoms with Crippen molar-refractivity contribution in [2.75, 3.05) is 13.7 Å². The molecule has 0 saturated heterocycles. The summed E-state index contributed by atoms with van der Waals surface area (Å²) < 4.78 is 5.16. The van der Waals surface area contributed by atoms with Gasteiger partial charge in [0.1, 0.15) is 5.69 Å². The molecule has 3 rings (SSSR count). The molecule has 2 aromatic heterocycles. The molecule has 0 bridgehead atoms. The van der Waals surface area contributed by atoms with Crippen LogP contribution in [0.2, 0.25) is 0 Å². The van der Waals surface area contributed by atoms with Gasteiger partial charge in [0.05, 0.1) is 23.9 Å². The van der Waals surface area contributed by atoms with Gasteiger partial charge in [-0.15, -0.1) is 0 Å². The highest BCUT2D eigenvalue weighted by Crippen LogP contribution is 2.15. The van der Waals surface area contributed by atoms with Gasteiger partial charge in [-0.2, -0.15) is 4.98 Å². The molecule has 24 heavy (non-hydrogen) atoms. The van der Waals surface area contributed by atoms with Crippen LogP contribution in [0.25, 0.3) is 10.9 Å². The summed E-state index contributed by atoms with van der Waals surface area (Å²) in [5.74, 6) is -0.454. The van der Waals surface area contributed by atoms with E-state index in [1.807, 2.05) is 6.07 Å². The Morgan fingerprint density at radius 2 is 2.04 bits per heavy atom. The van der Waals surface area contributed by atoms with Gasteiger partial charge in [0.15, 0.2) is 0 Å². The number of carbonyl (C=O) groups excluding carboxylic acids is 1. The first kappa shape index (κ1) is 15.8. The Hall–Kier alpha value is -3.06. The fraction of sp³-hybridized carbons (Fsp3) is 0.176. The number of carbonyl (C=O) groups is 1. The Kier molecular flexibility index (Phi) is 4.62. The average molecular weight is 324 g/mol. The summed E-state index contributed by atoms with van der Waals surface area (Å²) in [6, 6.07) is 12.0. The molecule has 1 atom stereocenters. The highest BCUT2D eigenvalue weighted by atomic mass is 16.5. The Bertz CT molecular complexity index is 908. The normalized spacial score (nSPS) is 12.0. The lowest BCUT2D eigenvalue weighted by atomic mass is 10.1. The Morgan fingerprint density at radius 1 is 1.25 bits per heavy atom. The van der Waals surface area contributed by atoms with Gasteiger partial charge in [0, 0.05) is 18.7 Å². The number of methoxy groups -OCH3 is 1. The molecule has 0 aliphatic carbocycles. The zero-order chi connectivity index (χ0) is 16.9. The number of hydrogen-bond donors (Lipinski definition) is 2. The minimum absolute atomic E-state index is 0.0754. The molecule has 2 N–H and O–H groups in total.